The molecule has 272 valence electrons. The summed E-state index contributed by atoms with van der Waals surface area (Å²) in [7, 11) is -4.76. The Morgan fingerprint density at radius 3 is 1.54 bits per heavy atom. The van der Waals surface area contributed by atoms with Crippen molar-refractivity contribution in [2.75, 3.05) is 16.0 Å². The van der Waals surface area contributed by atoms with Crippen LogP contribution in [-0.2, 0) is 23.2 Å². The maximum absolute atomic E-state index is 13.2. The lowest BCUT2D eigenvalue weighted by Gasteiger charge is -2.47. The molecule has 0 radical (unpaired) electrons. The van der Waals surface area contributed by atoms with E-state index in [1.165, 1.54) is 6.07 Å². The van der Waals surface area contributed by atoms with Gasteiger partial charge in [0.05, 0.1) is 0 Å². The molecule has 0 atom stereocenters. The van der Waals surface area contributed by atoms with Crippen molar-refractivity contribution < 1.29 is 23.2 Å². The Morgan fingerprint density at radius 1 is 0.654 bits per heavy atom. The van der Waals surface area contributed by atoms with Gasteiger partial charge in [0.15, 0.2) is 0 Å². The van der Waals surface area contributed by atoms with Crippen molar-refractivity contribution in [2.24, 2.45) is 0 Å². The highest BCUT2D eigenvalue weighted by molar-refractivity contribution is 7.85. The molecule has 9 nitrogen and oxygen atoms in total. The molecule has 1 saturated heterocycles. The molecular weight excluding hydrogens is 673 g/mol. The highest BCUT2D eigenvalue weighted by atomic mass is 32.2. The van der Waals surface area contributed by atoms with E-state index in [1.54, 1.807) is 36.4 Å². The zero-order chi connectivity index (χ0) is 37.1. The molecule has 0 unspecified atom stereocenters. The molecule has 1 heterocycles. The third-order valence-corrected chi connectivity index (χ3v) is 10.4. The predicted octanol–water partition coefficient (Wildman–Crippen LogP) is 8.47. The minimum atomic E-state index is -4.76. The van der Waals surface area contributed by atoms with Gasteiger partial charge in [-0.3, -0.25) is 4.55 Å². The second-order valence-corrected chi connectivity index (χ2v) is 16.4. The number of nitrogens with one attached hydrogen (secondary N) is 4. The minimum absolute atomic E-state index is 0.0436. The first-order chi connectivity index (χ1) is 24.7. The SMILES string of the molecule is CC1(C)CC(Nc2ccc(C(c3ccc(NCc4ccccc4)cc3O)c3ccc(NCc4ccccc4)cc3O)c(S(=O)(=O)O)c2)CC(C)(C)N1. The van der Waals surface area contributed by atoms with Gasteiger partial charge in [-0.25, -0.2) is 0 Å². The average molecular weight is 721 g/mol. The van der Waals surface area contributed by atoms with Crippen molar-refractivity contribution in [3.05, 3.63) is 143 Å². The van der Waals surface area contributed by atoms with Gasteiger partial charge in [0.2, 0.25) is 0 Å². The van der Waals surface area contributed by atoms with Gasteiger partial charge in [0.1, 0.15) is 16.4 Å². The fourth-order valence-electron chi connectivity index (χ4n) is 7.64. The summed E-state index contributed by atoms with van der Waals surface area (Å²) in [4.78, 5) is -0.314. The van der Waals surface area contributed by atoms with Crippen molar-refractivity contribution in [3.63, 3.8) is 0 Å². The maximum Gasteiger partial charge on any atom is 0.294 e. The van der Waals surface area contributed by atoms with Crippen LogP contribution >= 0.6 is 0 Å². The first-order valence-electron chi connectivity index (χ1n) is 17.5. The van der Waals surface area contributed by atoms with E-state index in [-0.39, 0.29) is 39.1 Å². The molecule has 0 spiro atoms. The Hall–Kier alpha value is -5.03. The quantitative estimate of drug-likeness (QED) is 0.0499. The Labute approximate surface area is 306 Å². The lowest BCUT2D eigenvalue weighted by Crippen LogP contribution is -2.60. The number of anilines is 3. The van der Waals surface area contributed by atoms with Crippen LogP contribution in [-0.4, -0.2) is 40.3 Å². The predicted molar refractivity (Wildman–Crippen MR) is 209 cm³/mol. The molecule has 0 aliphatic carbocycles. The Morgan fingerprint density at radius 2 is 1.10 bits per heavy atom. The van der Waals surface area contributed by atoms with Gasteiger partial charge in [-0.15, -0.1) is 0 Å². The van der Waals surface area contributed by atoms with E-state index in [0.717, 1.165) is 24.0 Å². The molecule has 52 heavy (non-hydrogen) atoms. The lowest BCUT2D eigenvalue weighted by atomic mass is 9.79. The molecule has 5 aromatic rings. The second-order valence-electron chi connectivity index (χ2n) is 15.0. The topological polar surface area (TPSA) is 143 Å². The largest absolute Gasteiger partial charge is 0.508 e. The first kappa shape index (κ1) is 36.8. The number of rotatable bonds is 12. The van der Waals surface area contributed by atoms with Crippen LogP contribution in [0, 0.1) is 0 Å². The van der Waals surface area contributed by atoms with Gasteiger partial charge >= 0.3 is 0 Å². The summed E-state index contributed by atoms with van der Waals surface area (Å²) in [5.41, 5.74) is 4.65. The van der Waals surface area contributed by atoms with Crippen LogP contribution in [0.5, 0.6) is 11.5 Å². The number of phenols is 2. The summed E-state index contributed by atoms with van der Waals surface area (Å²) in [6, 6.07) is 34.9. The van der Waals surface area contributed by atoms with Crippen LogP contribution in [0.15, 0.2) is 120 Å². The maximum atomic E-state index is 13.2. The van der Waals surface area contributed by atoms with Crippen LogP contribution in [0.4, 0.5) is 17.1 Å². The molecule has 10 heteroatoms. The van der Waals surface area contributed by atoms with Gasteiger partial charge < -0.3 is 31.5 Å². The summed E-state index contributed by atoms with van der Waals surface area (Å²) in [5, 5.41) is 36.9. The summed E-state index contributed by atoms with van der Waals surface area (Å²) >= 11 is 0. The van der Waals surface area contributed by atoms with Gasteiger partial charge in [-0.2, -0.15) is 8.42 Å². The van der Waals surface area contributed by atoms with Crippen molar-refractivity contribution in [3.8, 4) is 11.5 Å². The number of hydrogen-bond acceptors (Lipinski definition) is 8. The van der Waals surface area contributed by atoms with Crippen molar-refractivity contribution in [2.45, 2.75) is 81.6 Å². The lowest BCUT2D eigenvalue weighted by molar-refractivity contribution is 0.170. The molecule has 0 saturated carbocycles. The zero-order valence-corrected chi connectivity index (χ0v) is 30.8. The average Bonchev–Trinajstić information content (AvgIpc) is 3.07. The zero-order valence-electron chi connectivity index (χ0n) is 30.0. The van der Waals surface area contributed by atoms with Crippen LogP contribution < -0.4 is 21.3 Å². The number of piperidine rings is 1. The highest BCUT2D eigenvalue weighted by Crippen LogP contribution is 2.45. The highest BCUT2D eigenvalue weighted by Gasteiger charge is 2.38. The first-order valence-corrected chi connectivity index (χ1v) is 19.0. The number of benzene rings is 5. The standard InChI is InChI=1S/C42H48N4O5S/c1-41(2)24-33(25-42(3,4)46-41)45-32-17-20-36(39(23-32)52(49,50)51)40(34-18-15-30(21-37(34)47)43-26-28-11-7-5-8-12-28)35-19-16-31(22-38(35)48)44-27-29-13-9-6-10-14-29/h5-23,33,40,43-48H,24-27H2,1-4H3,(H,49,50,51). The summed E-state index contributed by atoms with van der Waals surface area (Å²) in [6.45, 7) is 9.64. The molecule has 1 aliphatic heterocycles. The Kier molecular flexibility index (Phi) is 10.5. The van der Waals surface area contributed by atoms with E-state index in [2.05, 4.69) is 49.0 Å². The van der Waals surface area contributed by atoms with Gasteiger partial charge in [0.25, 0.3) is 10.1 Å². The molecule has 7 N–H and O–H groups in total. The summed E-state index contributed by atoms with van der Waals surface area (Å²) in [6.07, 6.45) is 1.61. The summed E-state index contributed by atoms with van der Waals surface area (Å²) in [5.74, 6) is -1.16. The van der Waals surface area contributed by atoms with Crippen LogP contribution in [0.1, 0.15) is 74.3 Å². The molecule has 6 rings (SSSR count). The van der Waals surface area contributed by atoms with Crippen molar-refractivity contribution >= 4 is 27.2 Å². The third-order valence-electron chi connectivity index (χ3n) is 9.53. The smallest absolute Gasteiger partial charge is 0.294 e. The third kappa shape index (κ3) is 9.06. The van der Waals surface area contributed by atoms with Crippen LogP contribution in [0.25, 0.3) is 0 Å². The summed E-state index contributed by atoms with van der Waals surface area (Å²) < 4.78 is 37.0. The molecule has 0 aromatic heterocycles. The number of hydrogen-bond donors (Lipinski definition) is 7. The molecule has 1 fully saturated rings. The van der Waals surface area contributed by atoms with Gasteiger partial charge in [0, 0.05) is 76.4 Å². The number of aromatic hydroxyl groups is 2. The molecule has 1 aliphatic rings. The van der Waals surface area contributed by atoms with E-state index in [1.807, 2.05) is 72.8 Å². The normalized spacial score (nSPS) is 15.7. The van der Waals surface area contributed by atoms with E-state index < -0.39 is 16.0 Å². The molecule has 0 bridgehead atoms. The minimum Gasteiger partial charge on any atom is -0.508 e. The molecule has 0 amide bonds. The fraction of sp³-hybridized carbons (Fsp3) is 0.286. The monoisotopic (exact) mass is 720 g/mol. The molecular formula is C42H48N4O5S. The Bertz CT molecular complexity index is 2010. The second kappa shape index (κ2) is 14.9. The van der Waals surface area contributed by atoms with E-state index >= 15 is 0 Å². The fourth-order valence-corrected chi connectivity index (χ4v) is 8.40. The van der Waals surface area contributed by atoms with Crippen molar-refractivity contribution in [1.29, 1.82) is 0 Å². The van der Waals surface area contributed by atoms with E-state index in [4.69, 9.17) is 0 Å². The van der Waals surface area contributed by atoms with E-state index in [0.29, 0.717) is 41.3 Å². The Balaban J connectivity index is 1.39. The van der Waals surface area contributed by atoms with Gasteiger partial charge in [-0.1, -0.05) is 78.9 Å². The van der Waals surface area contributed by atoms with Crippen LogP contribution in [0.3, 0.4) is 0 Å². The number of phenolic OH excluding ortho intramolecular Hbond substituents is 2. The van der Waals surface area contributed by atoms with Gasteiger partial charge in [-0.05, 0) is 81.5 Å². The van der Waals surface area contributed by atoms with E-state index in [9.17, 15) is 23.2 Å². The van der Waals surface area contributed by atoms with Crippen LogP contribution in [0.2, 0.25) is 0 Å². The molecule has 5 aromatic carbocycles. The van der Waals surface area contributed by atoms with Crippen molar-refractivity contribution in [1.82, 2.24) is 5.32 Å².